The predicted molar refractivity (Wildman–Crippen MR) is 72.2 cm³/mol. The zero-order valence-electron chi connectivity index (χ0n) is 11.3. The van der Waals surface area contributed by atoms with Crippen molar-refractivity contribution in [3.63, 3.8) is 0 Å². The summed E-state index contributed by atoms with van der Waals surface area (Å²) in [7, 11) is -3.05. The van der Waals surface area contributed by atoms with E-state index in [-0.39, 0.29) is 18.1 Å². The first kappa shape index (κ1) is 15.4. The summed E-state index contributed by atoms with van der Waals surface area (Å²) in [5, 5.41) is 2.84. The van der Waals surface area contributed by atoms with E-state index in [9.17, 15) is 13.2 Å². The van der Waals surface area contributed by atoms with Crippen molar-refractivity contribution >= 4 is 15.7 Å². The van der Waals surface area contributed by atoms with E-state index >= 15 is 0 Å². The highest BCUT2D eigenvalue weighted by Gasteiger charge is 2.21. The number of likely N-dealkylation sites (N-methyl/N-ethyl adjacent to an activating group) is 1. The smallest absolute Gasteiger partial charge is 0.221 e. The molecule has 1 rings (SSSR count). The molecular weight excluding hydrogens is 252 g/mol. The highest BCUT2D eigenvalue weighted by molar-refractivity contribution is 7.90. The lowest BCUT2D eigenvalue weighted by Crippen LogP contribution is -2.46. The topological polar surface area (TPSA) is 66.5 Å². The fourth-order valence-corrected chi connectivity index (χ4v) is 2.86. The van der Waals surface area contributed by atoms with E-state index in [2.05, 4.69) is 17.1 Å². The molecule has 1 atom stereocenters. The Morgan fingerprint density at radius 1 is 1.39 bits per heavy atom. The van der Waals surface area contributed by atoms with E-state index in [1.54, 1.807) is 0 Å². The molecule has 1 amide bonds. The molecule has 5 nitrogen and oxygen atoms in total. The number of nitrogens with one attached hydrogen (secondary N) is 1. The van der Waals surface area contributed by atoms with Crippen molar-refractivity contribution in [3.8, 4) is 0 Å². The second-order valence-electron chi connectivity index (χ2n) is 4.96. The summed E-state index contributed by atoms with van der Waals surface area (Å²) in [5.74, 6) is -0.233. The standard InChI is InChI=1S/C12H24N2O3S/c1-3-14-8-5-4-6-11(14)10-13-12(15)7-9-18(2,16)17/h11H,3-10H2,1-2H3,(H,13,15). The lowest BCUT2D eigenvalue weighted by atomic mass is 10.0. The third-order valence-electron chi connectivity index (χ3n) is 3.39. The van der Waals surface area contributed by atoms with Crippen molar-refractivity contribution in [2.24, 2.45) is 0 Å². The van der Waals surface area contributed by atoms with Gasteiger partial charge in [0.1, 0.15) is 9.84 Å². The van der Waals surface area contributed by atoms with E-state index in [1.807, 2.05) is 0 Å². The number of carbonyl (C=O) groups excluding carboxylic acids is 1. The summed E-state index contributed by atoms with van der Waals surface area (Å²) in [6.07, 6.45) is 4.77. The van der Waals surface area contributed by atoms with Gasteiger partial charge < -0.3 is 5.32 Å². The molecule has 1 N–H and O–H groups in total. The molecule has 1 fully saturated rings. The van der Waals surface area contributed by atoms with Gasteiger partial charge in [-0.25, -0.2) is 8.42 Å². The van der Waals surface area contributed by atoms with Gasteiger partial charge in [-0.3, -0.25) is 9.69 Å². The minimum atomic E-state index is -3.05. The summed E-state index contributed by atoms with van der Waals surface area (Å²) >= 11 is 0. The second kappa shape index (κ2) is 7.09. The molecule has 0 saturated carbocycles. The Morgan fingerprint density at radius 2 is 2.11 bits per heavy atom. The molecule has 0 aliphatic carbocycles. The summed E-state index contributed by atoms with van der Waals surface area (Å²) in [4.78, 5) is 13.9. The first-order valence-corrected chi connectivity index (χ1v) is 8.67. The van der Waals surface area contributed by atoms with Crippen LogP contribution in [-0.2, 0) is 14.6 Å². The van der Waals surface area contributed by atoms with Crippen LogP contribution >= 0.6 is 0 Å². The van der Waals surface area contributed by atoms with Gasteiger partial charge in [0.2, 0.25) is 5.91 Å². The average molecular weight is 276 g/mol. The van der Waals surface area contributed by atoms with Crippen molar-refractivity contribution in [1.82, 2.24) is 10.2 Å². The maximum Gasteiger partial charge on any atom is 0.221 e. The zero-order chi connectivity index (χ0) is 13.6. The fourth-order valence-electron chi connectivity index (χ4n) is 2.31. The number of piperidine rings is 1. The van der Waals surface area contributed by atoms with Crippen LogP contribution in [0.25, 0.3) is 0 Å². The largest absolute Gasteiger partial charge is 0.355 e. The molecule has 1 aliphatic heterocycles. The zero-order valence-corrected chi connectivity index (χ0v) is 12.1. The third-order valence-corrected chi connectivity index (χ3v) is 4.34. The molecule has 18 heavy (non-hydrogen) atoms. The van der Waals surface area contributed by atoms with Crippen molar-refractivity contribution < 1.29 is 13.2 Å². The van der Waals surface area contributed by atoms with Crippen LogP contribution in [0.1, 0.15) is 32.6 Å². The first-order valence-electron chi connectivity index (χ1n) is 6.61. The molecule has 1 unspecified atom stereocenters. The number of hydrogen-bond acceptors (Lipinski definition) is 4. The SMILES string of the molecule is CCN1CCCCC1CNC(=O)CCS(C)(=O)=O. The Kier molecular flexibility index (Phi) is 6.08. The van der Waals surface area contributed by atoms with Gasteiger partial charge in [-0.05, 0) is 25.9 Å². The van der Waals surface area contributed by atoms with Crippen LogP contribution < -0.4 is 5.32 Å². The summed E-state index contributed by atoms with van der Waals surface area (Å²) in [5.41, 5.74) is 0. The van der Waals surface area contributed by atoms with Crippen molar-refractivity contribution in [1.29, 1.82) is 0 Å². The Bertz CT molecular complexity index is 368. The number of hydrogen-bond donors (Lipinski definition) is 1. The molecule has 1 saturated heterocycles. The maximum absolute atomic E-state index is 11.5. The number of sulfone groups is 1. The Balaban J connectivity index is 2.28. The van der Waals surface area contributed by atoms with Gasteiger partial charge >= 0.3 is 0 Å². The van der Waals surface area contributed by atoms with Crippen LogP contribution in [0.5, 0.6) is 0 Å². The van der Waals surface area contributed by atoms with Gasteiger partial charge in [0.05, 0.1) is 5.75 Å². The van der Waals surface area contributed by atoms with E-state index < -0.39 is 9.84 Å². The molecule has 106 valence electrons. The monoisotopic (exact) mass is 276 g/mol. The second-order valence-corrected chi connectivity index (χ2v) is 7.22. The molecule has 0 aromatic carbocycles. The maximum atomic E-state index is 11.5. The average Bonchev–Trinajstić information content (AvgIpc) is 2.33. The van der Waals surface area contributed by atoms with Crippen molar-refractivity contribution in [2.75, 3.05) is 31.6 Å². The lowest BCUT2D eigenvalue weighted by Gasteiger charge is -2.34. The lowest BCUT2D eigenvalue weighted by molar-refractivity contribution is -0.121. The van der Waals surface area contributed by atoms with E-state index in [4.69, 9.17) is 0 Å². The number of carbonyl (C=O) groups is 1. The van der Waals surface area contributed by atoms with Gasteiger partial charge in [0, 0.05) is 25.3 Å². The molecule has 1 aliphatic rings. The van der Waals surface area contributed by atoms with Crippen molar-refractivity contribution in [2.45, 2.75) is 38.6 Å². The highest BCUT2D eigenvalue weighted by Crippen LogP contribution is 2.15. The van der Waals surface area contributed by atoms with Gasteiger partial charge in [0.25, 0.3) is 0 Å². The summed E-state index contributed by atoms with van der Waals surface area (Å²) in [6.45, 7) is 4.87. The highest BCUT2D eigenvalue weighted by atomic mass is 32.2. The molecule has 0 radical (unpaired) electrons. The van der Waals surface area contributed by atoms with Gasteiger partial charge in [-0.2, -0.15) is 0 Å². The van der Waals surface area contributed by atoms with Crippen LogP contribution in [0.2, 0.25) is 0 Å². The fraction of sp³-hybridized carbons (Fsp3) is 0.917. The van der Waals surface area contributed by atoms with Crippen LogP contribution in [0, 0.1) is 0 Å². The summed E-state index contributed by atoms with van der Waals surface area (Å²) in [6, 6.07) is 0.408. The molecule has 1 heterocycles. The van der Waals surface area contributed by atoms with E-state index in [0.29, 0.717) is 12.6 Å². The minimum absolute atomic E-state index is 0.0671. The molecule has 0 aromatic rings. The number of nitrogens with zero attached hydrogens (tertiary/aromatic N) is 1. The van der Waals surface area contributed by atoms with Crippen LogP contribution in [0.3, 0.4) is 0 Å². The normalized spacial score (nSPS) is 21.8. The molecule has 6 heteroatoms. The molecular formula is C12H24N2O3S. The Labute approximate surface area is 110 Å². The quantitative estimate of drug-likeness (QED) is 0.763. The third kappa shape index (κ3) is 5.82. The van der Waals surface area contributed by atoms with E-state index in [0.717, 1.165) is 25.8 Å². The minimum Gasteiger partial charge on any atom is -0.355 e. The van der Waals surface area contributed by atoms with Gasteiger partial charge in [-0.15, -0.1) is 0 Å². The first-order chi connectivity index (χ1) is 8.42. The van der Waals surface area contributed by atoms with Crippen LogP contribution in [0.4, 0.5) is 0 Å². The van der Waals surface area contributed by atoms with Gasteiger partial charge in [-0.1, -0.05) is 13.3 Å². The molecule has 0 bridgehead atoms. The predicted octanol–water partition coefficient (Wildman–Crippen LogP) is 0.412. The van der Waals surface area contributed by atoms with E-state index in [1.165, 1.54) is 12.8 Å². The summed E-state index contributed by atoms with van der Waals surface area (Å²) < 4.78 is 21.9. The number of amides is 1. The van der Waals surface area contributed by atoms with Gasteiger partial charge in [0.15, 0.2) is 0 Å². The van der Waals surface area contributed by atoms with Crippen molar-refractivity contribution in [3.05, 3.63) is 0 Å². The Hall–Kier alpha value is -0.620. The van der Waals surface area contributed by atoms with Crippen LogP contribution in [0.15, 0.2) is 0 Å². The molecule has 0 spiro atoms. The Morgan fingerprint density at radius 3 is 2.72 bits per heavy atom. The number of likely N-dealkylation sites (tertiary alicyclic amines) is 1. The van der Waals surface area contributed by atoms with Crippen LogP contribution in [-0.4, -0.2) is 56.9 Å². The molecule has 0 aromatic heterocycles. The number of rotatable bonds is 6.